The first-order valence-electron chi connectivity index (χ1n) is 11.2. The van der Waals surface area contributed by atoms with E-state index in [9.17, 15) is 24.3 Å². The largest absolute Gasteiger partial charge is 0.480 e. The molecule has 0 fully saturated rings. The Morgan fingerprint density at radius 1 is 0.844 bits per heavy atom. The molecule has 6 unspecified atom stereocenters. The van der Waals surface area contributed by atoms with E-state index in [1.165, 1.54) is 0 Å². The van der Waals surface area contributed by atoms with Crippen LogP contribution in [0, 0.1) is 11.8 Å². The number of carbonyl (C=O) groups excluding carboxylic acids is 3. The molecule has 0 saturated carbocycles. The molecule has 0 aromatic heterocycles. The molecule has 0 aromatic rings. The molecule has 0 aliphatic rings. The third-order valence-electron chi connectivity index (χ3n) is 5.68. The number of hydrogen-bond donors (Lipinski definition) is 7. The quantitative estimate of drug-likeness (QED) is 0.144. The standard InChI is InChI=1S/C21H41N5O6/c1-5-12(3)16(25-18(28)14(23)11-27)20(30)24-15(9-7-8-10-22)19(29)26-17(21(31)32)13(4)6-2/h12-17,27H,5-11,22-23H2,1-4H3,(H,24,30)(H,25,28)(H,26,29)(H,31,32). The zero-order chi connectivity index (χ0) is 24.8. The van der Waals surface area contributed by atoms with Gasteiger partial charge < -0.3 is 37.6 Å². The maximum Gasteiger partial charge on any atom is 0.326 e. The average Bonchev–Trinajstić information content (AvgIpc) is 2.77. The fraction of sp³-hybridized carbons (Fsp3) is 0.810. The molecule has 186 valence electrons. The number of nitrogens with one attached hydrogen (secondary N) is 3. The molecule has 0 heterocycles. The molecular formula is C21H41N5O6. The summed E-state index contributed by atoms with van der Waals surface area (Å²) in [6.07, 6.45) is 2.55. The fourth-order valence-corrected chi connectivity index (χ4v) is 3.01. The minimum atomic E-state index is -1.18. The summed E-state index contributed by atoms with van der Waals surface area (Å²) in [4.78, 5) is 49.6. The van der Waals surface area contributed by atoms with Crippen LogP contribution in [0.4, 0.5) is 0 Å². The van der Waals surface area contributed by atoms with Gasteiger partial charge in [0.2, 0.25) is 17.7 Å². The van der Waals surface area contributed by atoms with Gasteiger partial charge in [-0.05, 0) is 37.6 Å². The van der Waals surface area contributed by atoms with Gasteiger partial charge in [0.05, 0.1) is 6.61 Å². The summed E-state index contributed by atoms with van der Waals surface area (Å²) in [6, 6.07) is -4.23. The van der Waals surface area contributed by atoms with Crippen molar-refractivity contribution in [3.05, 3.63) is 0 Å². The summed E-state index contributed by atoms with van der Waals surface area (Å²) in [6.45, 7) is 7.00. The Bertz CT molecular complexity index is 617. The molecule has 0 rings (SSSR count). The first-order valence-corrected chi connectivity index (χ1v) is 11.2. The molecule has 11 nitrogen and oxygen atoms in total. The number of nitrogens with two attached hydrogens (primary N) is 2. The van der Waals surface area contributed by atoms with E-state index in [4.69, 9.17) is 16.6 Å². The van der Waals surface area contributed by atoms with Crippen molar-refractivity contribution < 1.29 is 29.4 Å². The monoisotopic (exact) mass is 459 g/mol. The Morgan fingerprint density at radius 2 is 1.38 bits per heavy atom. The van der Waals surface area contributed by atoms with E-state index in [1.807, 2.05) is 13.8 Å². The summed E-state index contributed by atoms with van der Waals surface area (Å²) >= 11 is 0. The highest BCUT2D eigenvalue weighted by molar-refractivity contribution is 5.94. The summed E-state index contributed by atoms with van der Waals surface area (Å²) in [7, 11) is 0. The van der Waals surface area contributed by atoms with Crippen molar-refractivity contribution >= 4 is 23.7 Å². The highest BCUT2D eigenvalue weighted by atomic mass is 16.4. The first kappa shape index (κ1) is 29.8. The van der Waals surface area contributed by atoms with Gasteiger partial charge in [-0.25, -0.2) is 4.79 Å². The van der Waals surface area contributed by atoms with Crippen LogP contribution in [0.15, 0.2) is 0 Å². The number of aliphatic carboxylic acids is 1. The van der Waals surface area contributed by atoms with Gasteiger partial charge in [-0.3, -0.25) is 14.4 Å². The molecule has 0 radical (unpaired) electrons. The Labute approximate surface area is 190 Å². The predicted octanol–water partition coefficient (Wildman–Crippen LogP) is -0.934. The first-order chi connectivity index (χ1) is 15.0. The van der Waals surface area contributed by atoms with Gasteiger partial charge in [-0.1, -0.05) is 40.5 Å². The van der Waals surface area contributed by atoms with Crippen LogP contribution >= 0.6 is 0 Å². The minimum Gasteiger partial charge on any atom is -0.480 e. The second-order valence-corrected chi connectivity index (χ2v) is 8.22. The summed E-state index contributed by atoms with van der Waals surface area (Å²) in [5.41, 5.74) is 11.1. The van der Waals surface area contributed by atoms with E-state index in [0.717, 1.165) is 0 Å². The zero-order valence-electron chi connectivity index (χ0n) is 19.6. The molecule has 3 amide bonds. The highest BCUT2D eigenvalue weighted by Gasteiger charge is 2.33. The van der Waals surface area contributed by atoms with Crippen LogP contribution in [0.5, 0.6) is 0 Å². The van der Waals surface area contributed by atoms with Gasteiger partial charge in [0, 0.05) is 0 Å². The average molecular weight is 460 g/mol. The molecule has 0 spiro atoms. The summed E-state index contributed by atoms with van der Waals surface area (Å²) < 4.78 is 0. The topological polar surface area (TPSA) is 197 Å². The Balaban J connectivity index is 5.56. The van der Waals surface area contributed by atoms with Crippen LogP contribution in [-0.2, 0) is 19.2 Å². The smallest absolute Gasteiger partial charge is 0.326 e. The lowest BCUT2D eigenvalue weighted by Gasteiger charge is -2.28. The van der Waals surface area contributed by atoms with E-state index >= 15 is 0 Å². The van der Waals surface area contributed by atoms with Gasteiger partial charge >= 0.3 is 5.97 Å². The van der Waals surface area contributed by atoms with Crippen molar-refractivity contribution in [2.45, 2.75) is 84.0 Å². The summed E-state index contributed by atoms with van der Waals surface area (Å²) in [5, 5.41) is 26.3. The Kier molecular flexibility index (Phi) is 14.5. The van der Waals surface area contributed by atoms with Crippen molar-refractivity contribution in [1.29, 1.82) is 0 Å². The second-order valence-electron chi connectivity index (χ2n) is 8.22. The van der Waals surface area contributed by atoms with Crippen LogP contribution in [0.25, 0.3) is 0 Å². The minimum absolute atomic E-state index is 0.263. The van der Waals surface area contributed by atoms with E-state index in [2.05, 4.69) is 16.0 Å². The number of carbonyl (C=O) groups is 4. The van der Waals surface area contributed by atoms with E-state index < -0.39 is 54.5 Å². The number of carboxylic acid groups (broad SMARTS) is 1. The molecule has 0 bridgehead atoms. The van der Waals surface area contributed by atoms with E-state index in [1.54, 1.807) is 13.8 Å². The maximum atomic E-state index is 13.0. The van der Waals surface area contributed by atoms with Crippen molar-refractivity contribution in [3.8, 4) is 0 Å². The molecule has 0 aromatic carbocycles. The van der Waals surface area contributed by atoms with Gasteiger partial charge in [0.1, 0.15) is 24.2 Å². The second kappa shape index (κ2) is 15.5. The predicted molar refractivity (Wildman–Crippen MR) is 120 cm³/mol. The Morgan fingerprint density at radius 3 is 1.84 bits per heavy atom. The van der Waals surface area contributed by atoms with Crippen molar-refractivity contribution in [1.82, 2.24) is 16.0 Å². The van der Waals surface area contributed by atoms with Crippen LogP contribution in [0.1, 0.15) is 59.8 Å². The zero-order valence-corrected chi connectivity index (χ0v) is 19.6. The number of hydrogen-bond acceptors (Lipinski definition) is 7. The van der Waals surface area contributed by atoms with Gasteiger partial charge in [-0.15, -0.1) is 0 Å². The maximum absolute atomic E-state index is 13.0. The summed E-state index contributed by atoms with van der Waals surface area (Å²) in [5.74, 6) is -3.60. The van der Waals surface area contributed by atoms with Crippen LogP contribution < -0.4 is 27.4 Å². The van der Waals surface area contributed by atoms with Crippen LogP contribution in [0.2, 0.25) is 0 Å². The number of rotatable bonds is 16. The molecule has 11 heteroatoms. The Hall–Kier alpha value is -2.24. The van der Waals surface area contributed by atoms with Gasteiger partial charge in [0.25, 0.3) is 0 Å². The lowest BCUT2D eigenvalue weighted by atomic mass is 9.96. The lowest BCUT2D eigenvalue weighted by molar-refractivity contribution is -0.144. The number of unbranched alkanes of at least 4 members (excludes halogenated alkanes) is 1. The fourth-order valence-electron chi connectivity index (χ4n) is 3.01. The third-order valence-corrected chi connectivity index (χ3v) is 5.68. The van der Waals surface area contributed by atoms with Crippen molar-refractivity contribution in [2.75, 3.05) is 13.2 Å². The van der Waals surface area contributed by atoms with Crippen LogP contribution in [-0.4, -0.2) is 71.2 Å². The molecular weight excluding hydrogens is 418 g/mol. The van der Waals surface area contributed by atoms with Crippen molar-refractivity contribution in [3.63, 3.8) is 0 Å². The van der Waals surface area contributed by atoms with Crippen molar-refractivity contribution in [2.24, 2.45) is 23.3 Å². The van der Waals surface area contributed by atoms with E-state index in [-0.39, 0.29) is 18.3 Å². The van der Waals surface area contributed by atoms with Gasteiger partial charge in [0.15, 0.2) is 0 Å². The highest BCUT2D eigenvalue weighted by Crippen LogP contribution is 2.12. The van der Waals surface area contributed by atoms with E-state index in [0.29, 0.717) is 32.2 Å². The molecule has 0 aliphatic heterocycles. The third kappa shape index (κ3) is 9.92. The number of amides is 3. The van der Waals surface area contributed by atoms with Crippen LogP contribution in [0.3, 0.4) is 0 Å². The SMILES string of the molecule is CCC(C)C(NC(=O)C(CCCCN)NC(=O)C(NC(=O)C(N)CO)C(C)CC)C(=O)O. The number of carboxylic acids is 1. The molecule has 32 heavy (non-hydrogen) atoms. The number of aliphatic hydroxyl groups excluding tert-OH is 1. The molecule has 0 saturated heterocycles. The normalized spacial score (nSPS) is 16.7. The molecule has 9 N–H and O–H groups in total. The van der Waals surface area contributed by atoms with Gasteiger partial charge in [-0.2, -0.15) is 0 Å². The lowest BCUT2D eigenvalue weighted by Crippen LogP contribution is -2.59. The molecule has 0 aliphatic carbocycles. The molecule has 6 atom stereocenters. The number of aliphatic hydroxyl groups is 1.